The number of nitrogens with zero attached hydrogens (tertiary/aromatic N) is 2. The van der Waals surface area contributed by atoms with Crippen LogP contribution >= 0.6 is 0 Å². The van der Waals surface area contributed by atoms with E-state index in [1.54, 1.807) is 4.57 Å². The highest BCUT2D eigenvalue weighted by Crippen LogP contribution is 2.46. The molecule has 0 aliphatic carbocycles. The van der Waals surface area contributed by atoms with Crippen molar-refractivity contribution in [1.29, 1.82) is 0 Å². The third-order valence-corrected chi connectivity index (χ3v) is 10.5. The summed E-state index contributed by atoms with van der Waals surface area (Å²) < 4.78 is 48.0. The Kier molecular flexibility index (Phi) is 6.47. The number of fused-ring (bicyclic) bond motifs is 3. The molecule has 2 atom stereocenters. The first-order valence-corrected chi connectivity index (χ1v) is 16.1. The molecule has 0 saturated carbocycles. The summed E-state index contributed by atoms with van der Waals surface area (Å²) in [6, 6.07) is 12.5. The molecule has 4 heterocycles. The molecule has 7 rings (SSSR count). The van der Waals surface area contributed by atoms with Gasteiger partial charge in [-0.15, -0.1) is 0 Å². The number of amides is 1. The number of pyridine rings is 1. The fourth-order valence-corrected chi connectivity index (χ4v) is 8.18. The van der Waals surface area contributed by atoms with Crippen LogP contribution in [-0.2, 0) is 9.84 Å². The highest BCUT2D eigenvalue weighted by Gasteiger charge is 2.33. The maximum Gasteiger partial charge on any atom is 0.256 e. The number of hydrogen-bond acceptors (Lipinski definition) is 7. The van der Waals surface area contributed by atoms with Gasteiger partial charge in [0.25, 0.3) is 5.91 Å². The number of carbonyl (C=O) groups is 1. The summed E-state index contributed by atoms with van der Waals surface area (Å²) in [5.74, 6) is -0.851. The first-order valence-electron chi connectivity index (χ1n) is 14.3. The fraction of sp³-hybridized carbons (Fsp3) is 0.355. The van der Waals surface area contributed by atoms with Crippen LogP contribution in [0.4, 0.5) is 10.1 Å². The molecular weight excluding hydrogens is 559 g/mol. The van der Waals surface area contributed by atoms with Gasteiger partial charge in [0, 0.05) is 24.8 Å². The predicted octanol–water partition coefficient (Wildman–Crippen LogP) is 4.20. The maximum atomic E-state index is 15.8. The molecule has 2 saturated heterocycles. The minimum Gasteiger partial charge on any atom is -0.451 e. The van der Waals surface area contributed by atoms with Crippen LogP contribution in [0, 0.1) is 5.82 Å². The van der Waals surface area contributed by atoms with Crippen molar-refractivity contribution in [2.24, 2.45) is 0 Å². The fourth-order valence-electron chi connectivity index (χ4n) is 6.50. The number of halogens is 1. The summed E-state index contributed by atoms with van der Waals surface area (Å²) in [5.41, 5.74) is 0.232. The van der Waals surface area contributed by atoms with Crippen molar-refractivity contribution in [3.05, 3.63) is 70.3 Å². The van der Waals surface area contributed by atoms with E-state index >= 15 is 4.39 Å². The van der Waals surface area contributed by atoms with Crippen LogP contribution in [0.25, 0.3) is 27.4 Å². The van der Waals surface area contributed by atoms with Crippen molar-refractivity contribution in [2.75, 3.05) is 37.0 Å². The first-order chi connectivity index (χ1) is 20.2. The zero-order valence-electron chi connectivity index (χ0n) is 23.2. The second-order valence-corrected chi connectivity index (χ2v) is 13.8. The quantitative estimate of drug-likeness (QED) is 0.305. The van der Waals surface area contributed by atoms with Crippen molar-refractivity contribution >= 4 is 43.1 Å². The molecule has 218 valence electrons. The number of likely N-dealkylation sites (tertiary alicyclic amines) is 1. The van der Waals surface area contributed by atoms with Crippen molar-refractivity contribution in [3.8, 4) is 17.2 Å². The lowest BCUT2D eigenvalue weighted by Gasteiger charge is -2.27. The summed E-state index contributed by atoms with van der Waals surface area (Å²) in [7, 11) is -1.15. The Hall–Kier alpha value is -3.96. The van der Waals surface area contributed by atoms with Crippen LogP contribution in [0.2, 0.25) is 0 Å². The zero-order valence-corrected chi connectivity index (χ0v) is 24.0. The van der Waals surface area contributed by atoms with E-state index in [0.29, 0.717) is 36.0 Å². The average Bonchev–Trinajstić information content (AvgIpc) is 3.53. The van der Waals surface area contributed by atoms with Crippen molar-refractivity contribution in [1.82, 2.24) is 14.8 Å². The Morgan fingerprint density at radius 1 is 1.14 bits per heavy atom. The Bertz CT molecular complexity index is 1940. The molecule has 3 aromatic carbocycles. The molecule has 2 N–H and O–H groups in total. The van der Waals surface area contributed by atoms with Crippen LogP contribution < -0.4 is 20.8 Å². The molecule has 0 spiro atoms. The molecule has 0 radical (unpaired) electrons. The number of nitrogens with one attached hydrogen (secondary N) is 2. The van der Waals surface area contributed by atoms with E-state index in [-0.39, 0.29) is 33.9 Å². The highest BCUT2D eigenvalue weighted by molar-refractivity contribution is 7.91. The lowest BCUT2D eigenvalue weighted by Crippen LogP contribution is -2.34. The number of aromatic nitrogens is 1. The number of hydrogen-bond donors (Lipinski definition) is 2. The highest BCUT2D eigenvalue weighted by atomic mass is 32.2. The van der Waals surface area contributed by atoms with Gasteiger partial charge in [0.2, 0.25) is 5.43 Å². The monoisotopic (exact) mass is 590 g/mol. The van der Waals surface area contributed by atoms with E-state index in [9.17, 15) is 18.0 Å². The maximum absolute atomic E-state index is 15.8. The normalized spacial score (nSPS) is 20.9. The number of sulfone groups is 1. The number of carbonyl (C=O) groups excluding carboxylic acids is 1. The number of rotatable bonds is 6. The Balaban J connectivity index is 1.35. The van der Waals surface area contributed by atoms with E-state index < -0.39 is 33.0 Å². The van der Waals surface area contributed by atoms with Gasteiger partial charge in [-0.25, -0.2) is 12.8 Å². The Morgan fingerprint density at radius 3 is 2.64 bits per heavy atom. The molecule has 2 unspecified atom stereocenters. The second kappa shape index (κ2) is 10.1. The summed E-state index contributed by atoms with van der Waals surface area (Å²) >= 11 is 0. The molecule has 0 bridgehead atoms. The molecular formula is C31H31FN4O5S. The van der Waals surface area contributed by atoms with Gasteiger partial charge in [-0.05, 0) is 68.2 Å². The van der Waals surface area contributed by atoms with E-state index in [4.69, 9.17) is 4.74 Å². The van der Waals surface area contributed by atoms with Crippen LogP contribution in [0.5, 0.6) is 11.5 Å². The smallest absolute Gasteiger partial charge is 0.256 e. The Labute approximate surface area is 242 Å². The standard InChI is InChI=1S/C31H31FN4O5S/c1-35-11-4-7-21(35)8-10-33-31(38)23-16-36-25-13-18-5-2-3-6-19(18)14-26(25)41-30-27(34-20-9-12-42(39,40)17-20)24(32)15-22(28(30)36)29(23)37/h2-3,5-6,13-16,20-21,34H,4,7-12,17H2,1H3,(H,33,38). The lowest BCUT2D eigenvalue weighted by atomic mass is 10.0. The van der Waals surface area contributed by atoms with E-state index in [1.165, 1.54) is 6.20 Å². The summed E-state index contributed by atoms with van der Waals surface area (Å²) in [6.07, 6.45) is 4.82. The molecule has 2 fully saturated rings. The summed E-state index contributed by atoms with van der Waals surface area (Å²) in [5, 5.41) is 7.78. The van der Waals surface area contributed by atoms with Crippen LogP contribution in [0.15, 0.2) is 53.5 Å². The number of benzene rings is 3. The largest absolute Gasteiger partial charge is 0.451 e. The zero-order chi connectivity index (χ0) is 29.2. The third kappa shape index (κ3) is 4.60. The second-order valence-electron chi connectivity index (χ2n) is 11.5. The van der Waals surface area contributed by atoms with Crippen LogP contribution in [-0.4, -0.2) is 67.5 Å². The van der Waals surface area contributed by atoms with Crippen molar-refractivity contribution in [3.63, 3.8) is 0 Å². The average molecular weight is 591 g/mol. The summed E-state index contributed by atoms with van der Waals surface area (Å²) in [4.78, 5) is 29.3. The minimum absolute atomic E-state index is 0.00514. The summed E-state index contributed by atoms with van der Waals surface area (Å²) in [6.45, 7) is 1.45. The molecule has 4 aromatic rings. The molecule has 42 heavy (non-hydrogen) atoms. The van der Waals surface area contributed by atoms with Crippen molar-refractivity contribution < 1.29 is 22.3 Å². The lowest BCUT2D eigenvalue weighted by molar-refractivity contribution is 0.0949. The number of anilines is 1. The van der Waals surface area contributed by atoms with Gasteiger partial charge in [-0.3, -0.25) is 9.59 Å². The number of ether oxygens (including phenoxy) is 1. The molecule has 3 aliphatic heterocycles. The molecule has 1 amide bonds. The topological polar surface area (TPSA) is 110 Å². The van der Waals surface area contributed by atoms with Gasteiger partial charge >= 0.3 is 0 Å². The van der Waals surface area contributed by atoms with Gasteiger partial charge in [-0.1, -0.05) is 24.3 Å². The van der Waals surface area contributed by atoms with Crippen molar-refractivity contribution in [2.45, 2.75) is 37.8 Å². The SMILES string of the molecule is CN1CCCC1CCNC(=O)c1cn2c3c(c(NC4CCS(=O)(=O)C4)c(F)cc3c1=O)Oc1cc3ccccc3cc1-2. The Morgan fingerprint density at radius 2 is 1.93 bits per heavy atom. The van der Waals surface area contributed by atoms with Gasteiger partial charge in [-0.2, -0.15) is 0 Å². The van der Waals surface area contributed by atoms with Gasteiger partial charge in [0.05, 0.1) is 22.6 Å². The van der Waals surface area contributed by atoms with E-state index in [0.717, 1.165) is 42.6 Å². The first kappa shape index (κ1) is 26.9. The third-order valence-electron chi connectivity index (χ3n) is 8.75. The molecule has 11 heteroatoms. The minimum atomic E-state index is -3.22. The van der Waals surface area contributed by atoms with E-state index in [1.807, 2.05) is 36.4 Å². The van der Waals surface area contributed by atoms with Gasteiger partial charge < -0.3 is 24.8 Å². The molecule has 3 aliphatic rings. The van der Waals surface area contributed by atoms with Gasteiger partial charge in [0.15, 0.2) is 27.2 Å². The van der Waals surface area contributed by atoms with E-state index in [2.05, 4.69) is 22.6 Å². The van der Waals surface area contributed by atoms with Crippen LogP contribution in [0.1, 0.15) is 36.0 Å². The molecule has 1 aromatic heterocycles. The predicted molar refractivity (Wildman–Crippen MR) is 160 cm³/mol. The molecule has 9 nitrogen and oxygen atoms in total. The van der Waals surface area contributed by atoms with Gasteiger partial charge in [0.1, 0.15) is 16.8 Å². The van der Waals surface area contributed by atoms with Crippen LogP contribution in [0.3, 0.4) is 0 Å².